The third kappa shape index (κ3) is 2.26. The second kappa shape index (κ2) is 5.25. The highest BCUT2D eigenvalue weighted by Crippen LogP contribution is 2.35. The van der Waals surface area contributed by atoms with Crippen molar-refractivity contribution >= 4 is 5.69 Å². The Morgan fingerprint density at radius 2 is 1.55 bits per heavy atom. The molecule has 0 saturated carbocycles. The zero-order chi connectivity index (χ0) is 13.4. The van der Waals surface area contributed by atoms with Crippen LogP contribution in [0.4, 0.5) is 5.69 Å². The van der Waals surface area contributed by atoms with Crippen molar-refractivity contribution < 1.29 is 0 Å². The summed E-state index contributed by atoms with van der Waals surface area (Å²) in [4.78, 5) is 5.34. The molecule has 106 valence electrons. The van der Waals surface area contributed by atoms with Crippen molar-refractivity contribution in [2.75, 3.05) is 31.1 Å². The van der Waals surface area contributed by atoms with Crippen LogP contribution in [0.15, 0.2) is 42.5 Å². The third-order valence-electron chi connectivity index (χ3n) is 5.45. The molecule has 2 saturated heterocycles. The summed E-state index contributed by atoms with van der Waals surface area (Å²) in [6, 6.07) is 11.7. The van der Waals surface area contributed by atoms with Crippen molar-refractivity contribution in [2.24, 2.45) is 11.8 Å². The maximum Gasteiger partial charge on any atom is 0.0366 e. The van der Waals surface area contributed by atoms with Gasteiger partial charge in [0.15, 0.2) is 0 Å². The fourth-order valence-electron chi connectivity index (χ4n) is 4.26. The molecule has 1 unspecified atom stereocenters. The minimum atomic E-state index is 0.779. The summed E-state index contributed by atoms with van der Waals surface area (Å²) in [5, 5.41) is 0. The quantitative estimate of drug-likeness (QED) is 0.760. The molecule has 3 aliphatic rings. The zero-order valence-electron chi connectivity index (χ0n) is 12.1. The summed E-state index contributed by atoms with van der Waals surface area (Å²) >= 11 is 0. The number of hydrogen-bond acceptors (Lipinski definition) is 2. The van der Waals surface area contributed by atoms with Gasteiger partial charge in [0.25, 0.3) is 0 Å². The van der Waals surface area contributed by atoms with Crippen LogP contribution >= 0.6 is 0 Å². The molecule has 3 atom stereocenters. The number of allylic oxidation sites excluding steroid dienone is 2. The van der Waals surface area contributed by atoms with E-state index < -0.39 is 0 Å². The first-order valence-corrected chi connectivity index (χ1v) is 8.09. The largest absolute Gasteiger partial charge is 0.370 e. The van der Waals surface area contributed by atoms with Gasteiger partial charge < -0.3 is 4.90 Å². The zero-order valence-corrected chi connectivity index (χ0v) is 12.1. The van der Waals surface area contributed by atoms with Crippen molar-refractivity contribution in [3.63, 3.8) is 0 Å². The molecular weight excluding hydrogens is 244 g/mol. The lowest BCUT2D eigenvalue weighted by atomic mass is 9.86. The fraction of sp³-hybridized carbons (Fsp3) is 0.556. The Hall–Kier alpha value is -1.28. The lowest BCUT2D eigenvalue weighted by molar-refractivity contribution is 0.247. The van der Waals surface area contributed by atoms with E-state index in [0.29, 0.717) is 0 Å². The predicted molar refractivity (Wildman–Crippen MR) is 84.0 cm³/mol. The van der Waals surface area contributed by atoms with Gasteiger partial charge in [0.1, 0.15) is 0 Å². The number of likely N-dealkylation sites (tertiary alicyclic amines) is 1. The van der Waals surface area contributed by atoms with E-state index in [1.807, 2.05) is 0 Å². The average molecular weight is 268 g/mol. The Balaban J connectivity index is 1.40. The van der Waals surface area contributed by atoms with Crippen molar-refractivity contribution in [1.29, 1.82) is 0 Å². The molecule has 0 bridgehead atoms. The van der Waals surface area contributed by atoms with Crippen LogP contribution in [0.2, 0.25) is 0 Å². The molecule has 2 heteroatoms. The molecule has 2 aliphatic heterocycles. The Bertz CT molecular complexity index is 465. The number of para-hydroxylation sites is 1. The minimum absolute atomic E-state index is 0.779. The lowest BCUT2D eigenvalue weighted by Gasteiger charge is -2.25. The van der Waals surface area contributed by atoms with Crippen LogP contribution in [0.5, 0.6) is 0 Å². The van der Waals surface area contributed by atoms with E-state index in [9.17, 15) is 0 Å². The molecule has 0 radical (unpaired) electrons. The first kappa shape index (κ1) is 12.5. The van der Waals surface area contributed by atoms with Crippen LogP contribution in [0.3, 0.4) is 0 Å². The predicted octanol–water partition coefficient (Wildman–Crippen LogP) is 3.16. The molecule has 0 aromatic heterocycles. The molecule has 20 heavy (non-hydrogen) atoms. The van der Waals surface area contributed by atoms with E-state index in [-0.39, 0.29) is 0 Å². The van der Waals surface area contributed by atoms with Crippen molar-refractivity contribution in [3.8, 4) is 0 Å². The first-order chi connectivity index (χ1) is 9.90. The van der Waals surface area contributed by atoms with Crippen LogP contribution in [0, 0.1) is 11.8 Å². The molecule has 1 aromatic rings. The molecule has 2 nitrogen and oxygen atoms in total. The molecule has 0 spiro atoms. The van der Waals surface area contributed by atoms with Gasteiger partial charge in [-0.15, -0.1) is 0 Å². The third-order valence-corrected chi connectivity index (χ3v) is 5.45. The highest BCUT2D eigenvalue weighted by Gasteiger charge is 2.38. The Labute approximate surface area is 122 Å². The van der Waals surface area contributed by atoms with E-state index in [2.05, 4.69) is 52.3 Å². The number of benzene rings is 1. The van der Waals surface area contributed by atoms with Crippen LogP contribution in [-0.2, 0) is 0 Å². The summed E-state index contributed by atoms with van der Waals surface area (Å²) in [6.07, 6.45) is 8.76. The second-order valence-electron chi connectivity index (χ2n) is 6.64. The summed E-state index contributed by atoms with van der Waals surface area (Å²) in [6.45, 7) is 5.11. The van der Waals surface area contributed by atoms with Crippen LogP contribution in [0.1, 0.15) is 19.3 Å². The number of hydrogen-bond donors (Lipinski definition) is 0. The van der Waals surface area contributed by atoms with Gasteiger partial charge in [-0.1, -0.05) is 30.4 Å². The van der Waals surface area contributed by atoms with Gasteiger partial charge in [-0.05, 0) is 43.2 Å². The minimum Gasteiger partial charge on any atom is -0.370 e. The topological polar surface area (TPSA) is 6.48 Å². The van der Waals surface area contributed by atoms with E-state index in [1.54, 1.807) is 0 Å². The molecule has 2 heterocycles. The smallest absolute Gasteiger partial charge is 0.0366 e. The van der Waals surface area contributed by atoms with Gasteiger partial charge in [-0.2, -0.15) is 0 Å². The van der Waals surface area contributed by atoms with Crippen molar-refractivity contribution in [1.82, 2.24) is 4.90 Å². The SMILES string of the molecule is C1=CC[C@H]2CN(C3CCN(c4ccccc4)C3)C[C@H]2C1. The highest BCUT2D eigenvalue weighted by molar-refractivity contribution is 5.47. The molecule has 4 rings (SSSR count). The van der Waals surface area contributed by atoms with Gasteiger partial charge in [-0.25, -0.2) is 0 Å². The monoisotopic (exact) mass is 268 g/mol. The fourth-order valence-corrected chi connectivity index (χ4v) is 4.26. The summed E-state index contributed by atoms with van der Waals surface area (Å²) in [7, 11) is 0. The molecule has 1 aromatic carbocycles. The standard InChI is InChI=1S/C18H24N2/c1-2-8-17(9-3-1)19-11-10-18(14-19)20-12-15-6-4-5-7-16(15)13-20/h1-5,8-9,15-16,18H,6-7,10-14H2/t15-,16+,18?. The maximum atomic E-state index is 2.78. The summed E-state index contributed by atoms with van der Waals surface area (Å²) in [5.74, 6) is 1.87. The van der Waals surface area contributed by atoms with E-state index >= 15 is 0 Å². The molecule has 2 fully saturated rings. The second-order valence-corrected chi connectivity index (χ2v) is 6.64. The molecule has 0 amide bonds. The number of nitrogens with zero attached hydrogens (tertiary/aromatic N) is 2. The van der Waals surface area contributed by atoms with Gasteiger partial charge in [0.05, 0.1) is 0 Å². The van der Waals surface area contributed by atoms with Crippen LogP contribution in [0.25, 0.3) is 0 Å². The van der Waals surface area contributed by atoms with E-state index in [4.69, 9.17) is 0 Å². The maximum absolute atomic E-state index is 2.78. The van der Waals surface area contributed by atoms with Gasteiger partial charge in [0, 0.05) is 37.9 Å². The lowest BCUT2D eigenvalue weighted by Crippen LogP contribution is -2.36. The molecule has 0 N–H and O–H groups in total. The summed E-state index contributed by atoms with van der Waals surface area (Å²) in [5.41, 5.74) is 1.40. The normalized spacial score (nSPS) is 33.6. The van der Waals surface area contributed by atoms with Gasteiger partial charge in [0.2, 0.25) is 0 Å². The van der Waals surface area contributed by atoms with Gasteiger partial charge in [-0.3, -0.25) is 4.90 Å². The Morgan fingerprint density at radius 1 is 0.850 bits per heavy atom. The van der Waals surface area contributed by atoms with Crippen LogP contribution < -0.4 is 4.90 Å². The van der Waals surface area contributed by atoms with E-state index in [0.717, 1.165) is 17.9 Å². The van der Waals surface area contributed by atoms with Gasteiger partial charge >= 0.3 is 0 Å². The highest BCUT2D eigenvalue weighted by atomic mass is 15.3. The van der Waals surface area contributed by atoms with Crippen molar-refractivity contribution in [3.05, 3.63) is 42.5 Å². The first-order valence-electron chi connectivity index (χ1n) is 8.09. The Morgan fingerprint density at radius 3 is 2.25 bits per heavy atom. The Kier molecular flexibility index (Phi) is 3.27. The number of fused-ring (bicyclic) bond motifs is 1. The number of anilines is 1. The van der Waals surface area contributed by atoms with Crippen molar-refractivity contribution in [2.45, 2.75) is 25.3 Å². The van der Waals surface area contributed by atoms with E-state index in [1.165, 1.54) is 51.1 Å². The van der Waals surface area contributed by atoms with Crippen LogP contribution in [-0.4, -0.2) is 37.1 Å². The summed E-state index contributed by atoms with van der Waals surface area (Å²) < 4.78 is 0. The molecule has 1 aliphatic carbocycles. The average Bonchev–Trinajstić information content (AvgIpc) is 3.14. The number of rotatable bonds is 2. The molecular formula is C18H24N2.